The average Bonchev–Trinajstić information content (AvgIpc) is 1.82. The third-order valence-electron chi connectivity index (χ3n) is 1.15. The molecule has 0 spiro atoms. The number of rotatable bonds is 3. The van der Waals surface area contributed by atoms with Crippen LogP contribution in [0.4, 0.5) is 0 Å². The summed E-state index contributed by atoms with van der Waals surface area (Å²) < 4.78 is 0. The molecule has 0 aliphatic heterocycles. The molecule has 0 heteroatoms. The molecule has 0 saturated carbocycles. The van der Waals surface area contributed by atoms with Gasteiger partial charge in [-0.15, -0.1) is 0 Å². The van der Waals surface area contributed by atoms with E-state index in [0.29, 0.717) is 0 Å². The predicted molar refractivity (Wildman–Crippen MR) is 48.0 cm³/mol. The second kappa shape index (κ2) is 5.04. The van der Waals surface area contributed by atoms with Crippen LogP contribution in [-0.2, 0) is 0 Å². The van der Waals surface area contributed by atoms with Crippen LogP contribution >= 0.6 is 0 Å². The lowest BCUT2D eigenvalue weighted by molar-refractivity contribution is 1.12. The Bertz CT molecular complexity index is 159. The molecule has 0 aliphatic carbocycles. The van der Waals surface area contributed by atoms with Crippen molar-refractivity contribution >= 4 is 0 Å². The highest BCUT2D eigenvalue weighted by atomic mass is 13.9. The van der Waals surface area contributed by atoms with Crippen molar-refractivity contribution in [2.24, 2.45) is 0 Å². The van der Waals surface area contributed by atoms with Gasteiger partial charge in [-0.1, -0.05) is 36.0 Å². The van der Waals surface area contributed by atoms with Crippen LogP contribution in [0.5, 0.6) is 0 Å². The SMILES string of the molecule is C=C(C)CC(C)=CC=CC. The number of hydrogen-bond acceptors (Lipinski definition) is 0. The third kappa shape index (κ3) is 5.36. The second-order valence-corrected chi connectivity index (χ2v) is 2.67. The van der Waals surface area contributed by atoms with E-state index in [9.17, 15) is 0 Å². The molecular weight excluding hydrogens is 120 g/mol. The number of hydrogen-bond donors (Lipinski definition) is 0. The summed E-state index contributed by atoms with van der Waals surface area (Å²) in [5, 5.41) is 0. The average molecular weight is 136 g/mol. The van der Waals surface area contributed by atoms with Gasteiger partial charge in [0.2, 0.25) is 0 Å². The molecule has 0 aromatic heterocycles. The van der Waals surface area contributed by atoms with Crippen LogP contribution in [0.25, 0.3) is 0 Å². The Kier molecular flexibility index (Phi) is 4.65. The summed E-state index contributed by atoms with van der Waals surface area (Å²) in [4.78, 5) is 0. The van der Waals surface area contributed by atoms with Crippen LogP contribution in [0, 0.1) is 0 Å². The van der Waals surface area contributed by atoms with E-state index in [4.69, 9.17) is 0 Å². The van der Waals surface area contributed by atoms with E-state index < -0.39 is 0 Å². The summed E-state index contributed by atoms with van der Waals surface area (Å²) in [7, 11) is 0. The molecule has 0 radical (unpaired) electrons. The van der Waals surface area contributed by atoms with Crippen molar-refractivity contribution in [1.82, 2.24) is 0 Å². The van der Waals surface area contributed by atoms with Crippen molar-refractivity contribution in [1.29, 1.82) is 0 Å². The molecule has 0 unspecified atom stereocenters. The quantitative estimate of drug-likeness (QED) is 0.411. The lowest BCUT2D eigenvalue weighted by Crippen LogP contribution is -1.75. The Hall–Kier alpha value is -0.780. The first-order valence-electron chi connectivity index (χ1n) is 3.59. The minimum Gasteiger partial charge on any atom is -0.0998 e. The Morgan fingerprint density at radius 2 is 2.00 bits per heavy atom. The lowest BCUT2D eigenvalue weighted by atomic mass is 10.1. The standard InChI is InChI=1S/C10H16/c1-5-6-7-10(4)8-9(2)3/h5-7H,2,8H2,1,3-4H3. The monoisotopic (exact) mass is 136 g/mol. The van der Waals surface area contributed by atoms with E-state index in [1.807, 2.05) is 19.9 Å². The van der Waals surface area contributed by atoms with E-state index in [2.05, 4.69) is 25.7 Å². The van der Waals surface area contributed by atoms with Gasteiger partial charge in [-0.05, 0) is 27.2 Å². The zero-order chi connectivity index (χ0) is 7.98. The third-order valence-corrected chi connectivity index (χ3v) is 1.15. The molecule has 0 atom stereocenters. The van der Waals surface area contributed by atoms with Gasteiger partial charge in [0.1, 0.15) is 0 Å². The van der Waals surface area contributed by atoms with Gasteiger partial charge in [0.05, 0.1) is 0 Å². The molecule has 0 rings (SSSR count). The second-order valence-electron chi connectivity index (χ2n) is 2.67. The van der Waals surface area contributed by atoms with E-state index in [1.165, 1.54) is 11.1 Å². The maximum atomic E-state index is 3.84. The van der Waals surface area contributed by atoms with Crippen molar-refractivity contribution in [3.63, 3.8) is 0 Å². The van der Waals surface area contributed by atoms with Gasteiger partial charge in [0.15, 0.2) is 0 Å². The van der Waals surface area contributed by atoms with Gasteiger partial charge < -0.3 is 0 Å². The fourth-order valence-electron chi connectivity index (χ4n) is 0.795. The Balaban J connectivity index is 3.82. The zero-order valence-electron chi connectivity index (χ0n) is 7.15. The van der Waals surface area contributed by atoms with Gasteiger partial charge in [0.25, 0.3) is 0 Å². The highest BCUT2D eigenvalue weighted by Crippen LogP contribution is 2.06. The highest BCUT2D eigenvalue weighted by molar-refractivity contribution is 5.15. The Morgan fingerprint density at radius 1 is 1.40 bits per heavy atom. The highest BCUT2D eigenvalue weighted by Gasteiger charge is 1.86. The molecule has 0 aromatic rings. The summed E-state index contributed by atoms with van der Waals surface area (Å²) in [5.41, 5.74) is 2.59. The molecule has 0 N–H and O–H groups in total. The van der Waals surface area contributed by atoms with Crippen LogP contribution in [0.2, 0.25) is 0 Å². The first-order valence-corrected chi connectivity index (χ1v) is 3.59. The van der Waals surface area contributed by atoms with Gasteiger partial charge in [-0.25, -0.2) is 0 Å². The topological polar surface area (TPSA) is 0 Å². The van der Waals surface area contributed by atoms with Crippen LogP contribution in [0.15, 0.2) is 36.0 Å². The van der Waals surface area contributed by atoms with E-state index >= 15 is 0 Å². The van der Waals surface area contributed by atoms with Gasteiger partial charge in [-0.2, -0.15) is 0 Å². The molecular formula is C10H16. The summed E-state index contributed by atoms with van der Waals surface area (Å²) in [6.07, 6.45) is 7.22. The van der Waals surface area contributed by atoms with E-state index in [-0.39, 0.29) is 0 Å². The van der Waals surface area contributed by atoms with Crippen LogP contribution in [0.3, 0.4) is 0 Å². The molecule has 0 fully saturated rings. The zero-order valence-corrected chi connectivity index (χ0v) is 7.15. The van der Waals surface area contributed by atoms with Crippen LogP contribution in [0.1, 0.15) is 27.2 Å². The smallest absolute Gasteiger partial charge is 0.0114 e. The van der Waals surface area contributed by atoms with Crippen molar-refractivity contribution in [3.05, 3.63) is 36.0 Å². The van der Waals surface area contributed by atoms with Crippen molar-refractivity contribution in [3.8, 4) is 0 Å². The molecule has 10 heavy (non-hydrogen) atoms. The minimum atomic E-state index is 1.02. The Morgan fingerprint density at radius 3 is 2.40 bits per heavy atom. The summed E-state index contributed by atoms with van der Waals surface area (Å²) >= 11 is 0. The van der Waals surface area contributed by atoms with E-state index in [1.54, 1.807) is 0 Å². The Labute approximate surface area is 64.0 Å². The lowest BCUT2D eigenvalue weighted by Gasteiger charge is -1.96. The molecule has 0 nitrogen and oxygen atoms in total. The number of allylic oxidation sites excluding steroid dienone is 5. The normalized spacial score (nSPS) is 12.5. The molecule has 0 bridgehead atoms. The minimum absolute atomic E-state index is 1.02. The molecule has 0 aliphatic rings. The molecule has 0 amide bonds. The van der Waals surface area contributed by atoms with Gasteiger partial charge in [0, 0.05) is 0 Å². The summed E-state index contributed by atoms with van der Waals surface area (Å²) in [6, 6.07) is 0. The summed E-state index contributed by atoms with van der Waals surface area (Å²) in [5.74, 6) is 0. The molecule has 0 saturated heterocycles. The van der Waals surface area contributed by atoms with Crippen molar-refractivity contribution in [2.45, 2.75) is 27.2 Å². The molecule has 56 valence electrons. The van der Waals surface area contributed by atoms with Crippen LogP contribution < -0.4 is 0 Å². The summed E-state index contributed by atoms with van der Waals surface area (Å²) in [6.45, 7) is 10.0. The van der Waals surface area contributed by atoms with Gasteiger partial charge in [-0.3, -0.25) is 0 Å². The predicted octanol–water partition coefficient (Wildman–Crippen LogP) is 3.48. The first-order chi connectivity index (χ1) is 4.66. The van der Waals surface area contributed by atoms with E-state index in [0.717, 1.165) is 6.42 Å². The maximum absolute atomic E-state index is 3.84. The van der Waals surface area contributed by atoms with Crippen LogP contribution in [-0.4, -0.2) is 0 Å². The first kappa shape index (κ1) is 9.22. The van der Waals surface area contributed by atoms with Crippen molar-refractivity contribution in [2.75, 3.05) is 0 Å². The molecule has 0 aromatic carbocycles. The molecule has 0 heterocycles. The fraction of sp³-hybridized carbons (Fsp3) is 0.400. The largest absolute Gasteiger partial charge is 0.0998 e. The fourth-order valence-corrected chi connectivity index (χ4v) is 0.795. The van der Waals surface area contributed by atoms with Gasteiger partial charge >= 0.3 is 0 Å². The van der Waals surface area contributed by atoms with Crippen molar-refractivity contribution < 1.29 is 0 Å². The maximum Gasteiger partial charge on any atom is -0.0114 e.